The minimum Gasteiger partial charge on any atom is -0.379 e. The summed E-state index contributed by atoms with van der Waals surface area (Å²) in [6, 6.07) is 3.88. The van der Waals surface area contributed by atoms with Crippen LogP contribution in [0.4, 0.5) is 0 Å². The molecule has 1 rings (SSSR count). The van der Waals surface area contributed by atoms with Crippen LogP contribution in [0.2, 0.25) is 0 Å². The zero-order chi connectivity index (χ0) is 10.9. The summed E-state index contributed by atoms with van der Waals surface area (Å²) in [4.78, 5) is 4.10. The summed E-state index contributed by atoms with van der Waals surface area (Å²) in [5.74, 6) is 0.437. The Morgan fingerprint density at radius 2 is 2.06 bits per heavy atom. The highest BCUT2D eigenvalue weighted by atomic mass is 35.5. The van der Waals surface area contributed by atoms with Crippen molar-refractivity contribution in [2.45, 2.75) is 19.4 Å². The molecule has 0 fully saturated rings. The molecule has 0 saturated carbocycles. The molecule has 0 aliphatic rings. The zero-order valence-electron chi connectivity index (χ0n) is 9.32. The van der Waals surface area contributed by atoms with Gasteiger partial charge in [0.15, 0.2) is 0 Å². The smallest absolute Gasteiger partial charge is 0.0719 e. The number of ether oxygens (including phenoxy) is 2. The number of pyridine rings is 1. The van der Waals surface area contributed by atoms with E-state index >= 15 is 0 Å². The van der Waals surface area contributed by atoms with Crippen LogP contribution in [-0.4, -0.2) is 24.8 Å². The van der Waals surface area contributed by atoms with Crippen LogP contribution in [0.1, 0.15) is 18.2 Å². The minimum atomic E-state index is 0. The number of hydrogen-bond acceptors (Lipinski definition) is 3. The Hall–Kier alpha value is -0.350. The van der Waals surface area contributed by atoms with E-state index < -0.39 is 0 Å². The molecule has 0 amide bonds. The second kappa shape index (κ2) is 9.85. The number of nitrogens with zero attached hydrogens (tertiary/aromatic N) is 1. The Bertz CT molecular complexity index is 284. The van der Waals surface area contributed by atoms with Gasteiger partial charge < -0.3 is 9.47 Å². The van der Waals surface area contributed by atoms with E-state index in [0.29, 0.717) is 25.7 Å². The summed E-state index contributed by atoms with van der Waals surface area (Å²) in [5, 5.41) is 0. The van der Waals surface area contributed by atoms with E-state index in [-0.39, 0.29) is 12.4 Å². The van der Waals surface area contributed by atoms with Crippen molar-refractivity contribution < 1.29 is 9.47 Å². The molecule has 1 aromatic rings. The van der Waals surface area contributed by atoms with E-state index in [4.69, 9.17) is 21.1 Å². The molecule has 0 spiro atoms. The van der Waals surface area contributed by atoms with E-state index in [0.717, 1.165) is 17.9 Å². The minimum absolute atomic E-state index is 0. The first kappa shape index (κ1) is 15.7. The van der Waals surface area contributed by atoms with Crippen molar-refractivity contribution in [1.82, 2.24) is 4.98 Å². The van der Waals surface area contributed by atoms with Gasteiger partial charge in [0.05, 0.1) is 31.4 Å². The van der Waals surface area contributed by atoms with Gasteiger partial charge in [-0.05, 0) is 24.6 Å². The highest BCUT2D eigenvalue weighted by Gasteiger charge is 1.96. The first-order chi connectivity index (χ1) is 7.36. The van der Waals surface area contributed by atoms with Crippen LogP contribution in [-0.2, 0) is 22.0 Å². The van der Waals surface area contributed by atoms with Crippen LogP contribution in [0, 0.1) is 0 Å². The molecule has 1 heterocycles. The molecule has 0 aliphatic heterocycles. The van der Waals surface area contributed by atoms with Gasteiger partial charge in [-0.2, -0.15) is 0 Å². The van der Waals surface area contributed by atoms with Gasteiger partial charge in [0.1, 0.15) is 0 Å². The fourth-order valence-electron chi connectivity index (χ4n) is 1.14. The maximum absolute atomic E-state index is 5.68. The topological polar surface area (TPSA) is 31.4 Å². The first-order valence-electron chi connectivity index (χ1n) is 5.02. The third-order valence-corrected chi connectivity index (χ3v) is 2.14. The molecule has 1 aromatic heterocycles. The van der Waals surface area contributed by atoms with Crippen molar-refractivity contribution in [2.24, 2.45) is 0 Å². The average Bonchev–Trinajstić information content (AvgIpc) is 2.29. The van der Waals surface area contributed by atoms with Crippen LogP contribution >= 0.6 is 24.0 Å². The highest BCUT2D eigenvalue weighted by molar-refractivity contribution is 6.16. The van der Waals surface area contributed by atoms with Gasteiger partial charge in [-0.15, -0.1) is 24.0 Å². The lowest BCUT2D eigenvalue weighted by molar-refractivity contribution is 0.0452. The lowest BCUT2D eigenvalue weighted by Crippen LogP contribution is -2.04. The largest absolute Gasteiger partial charge is 0.379 e. The lowest BCUT2D eigenvalue weighted by Gasteiger charge is -2.05. The van der Waals surface area contributed by atoms with Gasteiger partial charge >= 0.3 is 0 Å². The van der Waals surface area contributed by atoms with Crippen molar-refractivity contribution >= 4 is 24.0 Å². The molecule has 92 valence electrons. The van der Waals surface area contributed by atoms with Crippen LogP contribution in [0.3, 0.4) is 0 Å². The van der Waals surface area contributed by atoms with Crippen LogP contribution in [0.25, 0.3) is 0 Å². The molecule has 5 heteroatoms. The molecule has 0 saturated heterocycles. The van der Waals surface area contributed by atoms with Crippen LogP contribution in [0.5, 0.6) is 0 Å². The SMILES string of the molecule is CCOCCOCc1ccnc(CCl)c1.Cl. The highest BCUT2D eigenvalue weighted by Crippen LogP contribution is 2.05. The molecule has 0 radical (unpaired) electrons. The Kier molecular flexibility index (Phi) is 9.63. The van der Waals surface area contributed by atoms with Crippen molar-refractivity contribution in [1.29, 1.82) is 0 Å². The third kappa shape index (κ3) is 6.28. The Morgan fingerprint density at radius 1 is 1.31 bits per heavy atom. The van der Waals surface area contributed by atoms with Crippen molar-refractivity contribution in [2.75, 3.05) is 19.8 Å². The predicted molar refractivity (Wildman–Crippen MR) is 67.2 cm³/mol. The van der Waals surface area contributed by atoms with E-state index in [9.17, 15) is 0 Å². The zero-order valence-corrected chi connectivity index (χ0v) is 10.9. The van der Waals surface area contributed by atoms with Crippen LogP contribution < -0.4 is 0 Å². The number of alkyl halides is 1. The quantitative estimate of drug-likeness (QED) is 0.561. The van der Waals surface area contributed by atoms with Crippen molar-refractivity contribution in [3.8, 4) is 0 Å². The Balaban J connectivity index is 0.00000225. The summed E-state index contributed by atoms with van der Waals surface area (Å²) < 4.78 is 10.6. The molecule has 0 N–H and O–H groups in total. The third-order valence-electron chi connectivity index (χ3n) is 1.86. The average molecular weight is 266 g/mol. The summed E-state index contributed by atoms with van der Waals surface area (Å²) >= 11 is 5.68. The summed E-state index contributed by atoms with van der Waals surface area (Å²) in [5.41, 5.74) is 1.97. The van der Waals surface area contributed by atoms with Gasteiger partial charge in [-0.3, -0.25) is 4.98 Å². The number of hydrogen-bond donors (Lipinski definition) is 0. The molecule has 16 heavy (non-hydrogen) atoms. The fourth-order valence-corrected chi connectivity index (χ4v) is 1.29. The molecule has 0 aromatic carbocycles. The number of aromatic nitrogens is 1. The Morgan fingerprint density at radius 3 is 2.75 bits per heavy atom. The van der Waals surface area contributed by atoms with E-state index in [1.807, 2.05) is 19.1 Å². The Labute approximate surface area is 108 Å². The van der Waals surface area contributed by atoms with Crippen molar-refractivity contribution in [3.63, 3.8) is 0 Å². The number of halogens is 2. The summed E-state index contributed by atoms with van der Waals surface area (Å²) in [6.07, 6.45) is 1.75. The number of rotatable bonds is 7. The molecular weight excluding hydrogens is 249 g/mol. The maximum atomic E-state index is 5.68. The fraction of sp³-hybridized carbons (Fsp3) is 0.545. The molecule has 3 nitrogen and oxygen atoms in total. The molecule has 0 unspecified atom stereocenters. The van der Waals surface area contributed by atoms with Crippen molar-refractivity contribution in [3.05, 3.63) is 29.6 Å². The monoisotopic (exact) mass is 265 g/mol. The maximum Gasteiger partial charge on any atom is 0.0719 e. The molecular formula is C11H17Cl2NO2. The van der Waals surface area contributed by atoms with Gasteiger partial charge in [-0.1, -0.05) is 0 Å². The second-order valence-electron chi connectivity index (χ2n) is 3.04. The van der Waals surface area contributed by atoms with Gasteiger partial charge in [0.2, 0.25) is 0 Å². The van der Waals surface area contributed by atoms with Crippen LogP contribution in [0.15, 0.2) is 18.3 Å². The summed E-state index contributed by atoms with van der Waals surface area (Å²) in [6.45, 7) is 4.54. The van der Waals surface area contributed by atoms with E-state index in [1.165, 1.54) is 0 Å². The molecule has 0 aliphatic carbocycles. The first-order valence-corrected chi connectivity index (χ1v) is 5.55. The predicted octanol–water partition coefficient (Wildman–Crippen LogP) is 2.80. The standard InChI is InChI=1S/C11H16ClNO2.ClH/c1-2-14-5-6-15-9-10-3-4-13-11(7-10)8-12;/h3-4,7H,2,5-6,8-9H2,1H3;1H. The lowest BCUT2D eigenvalue weighted by atomic mass is 10.2. The van der Waals surface area contributed by atoms with Gasteiger partial charge in [0.25, 0.3) is 0 Å². The summed E-state index contributed by atoms with van der Waals surface area (Å²) in [7, 11) is 0. The van der Waals surface area contributed by atoms with E-state index in [1.54, 1.807) is 6.20 Å². The second-order valence-corrected chi connectivity index (χ2v) is 3.31. The molecule has 0 bridgehead atoms. The normalized spacial score (nSPS) is 9.88. The van der Waals surface area contributed by atoms with E-state index in [2.05, 4.69) is 4.98 Å². The van der Waals surface area contributed by atoms with Gasteiger partial charge in [-0.25, -0.2) is 0 Å². The van der Waals surface area contributed by atoms with Gasteiger partial charge in [0, 0.05) is 12.8 Å². The molecule has 0 atom stereocenters.